The molecular formula is C9H9NO3. The lowest BCUT2D eigenvalue weighted by atomic mass is 10.3. The van der Waals surface area contributed by atoms with Gasteiger partial charge in [0.1, 0.15) is 19.1 Å². The zero-order chi connectivity index (χ0) is 9.26. The molecule has 1 amide bonds. The van der Waals surface area contributed by atoms with Crippen LogP contribution >= 0.6 is 0 Å². The Kier molecular flexibility index (Phi) is 1.90. The third-order valence-electron chi connectivity index (χ3n) is 1.91. The summed E-state index contributed by atoms with van der Waals surface area (Å²) in [4.78, 5) is 12.7. The van der Waals surface area contributed by atoms with E-state index in [1.807, 2.05) is 0 Å². The van der Waals surface area contributed by atoms with Crippen LogP contribution in [-0.2, 0) is 9.53 Å². The lowest BCUT2D eigenvalue weighted by molar-refractivity contribution is -0.117. The molecular weight excluding hydrogens is 170 g/mol. The van der Waals surface area contributed by atoms with Crippen LogP contribution in [0.4, 0.5) is 5.69 Å². The van der Waals surface area contributed by atoms with Gasteiger partial charge < -0.3 is 9.84 Å². The number of benzene rings is 1. The fourth-order valence-corrected chi connectivity index (χ4v) is 1.23. The van der Waals surface area contributed by atoms with Gasteiger partial charge in [0, 0.05) is 5.69 Å². The van der Waals surface area contributed by atoms with Gasteiger partial charge >= 0.3 is 0 Å². The standard InChI is InChI=1S/C9H9NO3/c11-8-3-1-7(2-4-8)10-6-13-5-9(10)12/h1-4,11H,5-6H2. The SMILES string of the molecule is O=C1COCN1c1ccc(O)cc1. The second-order valence-electron chi connectivity index (χ2n) is 2.82. The summed E-state index contributed by atoms with van der Waals surface area (Å²) >= 11 is 0. The Bertz CT molecular complexity index is 320. The Labute approximate surface area is 75.3 Å². The predicted molar refractivity (Wildman–Crippen MR) is 46.4 cm³/mol. The molecule has 0 unspecified atom stereocenters. The van der Waals surface area contributed by atoms with E-state index in [0.717, 1.165) is 5.69 Å². The highest BCUT2D eigenvalue weighted by molar-refractivity contribution is 5.95. The number of carbonyl (C=O) groups excluding carboxylic acids is 1. The molecule has 4 nitrogen and oxygen atoms in total. The smallest absolute Gasteiger partial charge is 0.254 e. The van der Waals surface area contributed by atoms with Crippen LogP contribution in [0.5, 0.6) is 5.75 Å². The van der Waals surface area contributed by atoms with Gasteiger partial charge in [0.05, 0.1) is 0 Å². The molecule has 0 bridgehead atoms. The molecule has 0 spiro atoms. The van der Waals surface area contributed by atoms with Gasteiger partial charge in [-0.1, -0.05) is 0 Å². The summed E-state index contributed by atoms with van der Waals surface area (Å²) in [5.74, 6) is 0.141. The summed E-state index contributed by atoms with van der Waals surface area (Å²) in [5, 5.41) is 9.03. The minimum Gasteiger partial charge on any atom is -0.508 e. The number of anilines is 1. The molecule has 0 aromatic heterocycles. The molecule has 2 rings (SSSR count). The Balaban J connectivity index is 2.25. The number of hydrogen-bond donors (Lipinski definition) is 1. The summed E-state index contributed by atoms with van der Waals surface area (Å²) in [6.45, 7) is 0.435. The molecule has 1 aromatic carbocycles. The maximum absolute atomic E-state index is 11.2. The normalized spacial score (nSPS) is 16.6. The maximum Gasteiger partial charge on any atom is 0.254 e. The van der Waals surface area contributed by atoms with Crippen molar-refractivity contribution in [2.75, 3.05) is 18.2 Å². The van der Waals surface area contributed by atoms with Crippen molar-refractivity contribution < 1.29 is 14.6 Å². The highest BCUT2D eigenvalue weighted by Gasteiger charge is 2.21. The summed E-state index contributed by atoms with van der Waals surface area (Å²) in [6.07, 6.45) is 0. The number of ether oxygens (including phenoxy) is 1. The first kappa shape index (κ1) is 8.07. The zero-order valence-electron chi connectivity index (χ0n) is 6.93. The van der Waals surface area contributed by atoms with Crippen molar-refractivity contribution in [3.05, 3.63) is 24.3 Å². The third-order valence-corrected chi connectivity index (χ3v) is 1.91. The van der Waals surface area contributed by atoms with Crippen LogP contribution in [0.3, 0.4) is 0 Å². The van der Waals surface area contributed by atoms with Crippen molar-refractivity contribution in [3.63, 3.8) is 0 Å². The molecule has 68 valence electrons. The number of hydrogen-bond acceptors (Lipinski definition) is 3. The van der Waals surface area contributed by atoms with Crippen LogP contribution in [0.25, 0.3) is 0 Å². The molecule has 1 fully saturated rings. The Hall–Kier alpha value is -1.55. The highest BCUT2D eigenvalue weighted by Crippen LogP contribution is 2.20. The molecule has 1 saturated heterocycles. The number of rotatable bonds is 1. The van der Waals surface area contributed by atoms with E-state index >= 15 is 0 Å². The largest absolute Gasteiger partial charge is 0.508 e. The fourth-order valence-electron chi connectivity index (χ4n) is 1.23. The van der Waals surface area contributed by atoms with Crippen LogP contribution < -0.4 is 4.90 Å². The average molecular weight is 179 g/mol. The van der Waals surface area contributed by atoms with E-state index in [9.17, 15) is 4.79 Å². The molecule has 0 saturated carbocycles. The van der Waals surface area contributed by atoms with Crippen molar-refractivity contribution in [1.82, 2.24) is 0 Å². The monoisotopic (exact) mass is 179 g/mol. The predicted octanol–water partition coefficient (Wildman–Crippen LogP) is 0.713. The fraction of sp³-hybridized carbons (Fsp3) is 0.222. The molecule has 1 N–H and O–H groups in total. The molecule has 1 heterocycles. The Morgan fingerprint density at radius 2 is 2.00 bits per heavy atom. The van der Waals surface area contributed by atoms with Gasteiger partial charge in [-0.25, -0.2) is 0 Å². The molecule has 0 atom stereocenters. The summed E-state index contributed by atoms with van der Waals surface area (Å²) in [6, 6.07) is 6.45. The first-order valence-corrected chi connectivity index (χ1v) is 3.94. The van der Waals surface area contributed by atoms with Crippen molar-refractivity contribution >= 4 is 11.6 Å². The van der Waals surface area contributed by atoms with Crippen molar-refractivity contribution in [2.24, 2.45) is 0 Å². The van der Waals surface area contributed by atoms with Crippen LogP contribution in [0.15, 0.2) is 24.3 Å². The van der Waals surface area contributed by atoms with Crippen molar-refractivity contribution in [2.45, 2.75) is 0 Å². The topological polar surface area (TPSA) is 49.8 Å². The number of carbonyl (C=O) groups is 1. The minimum atomic E-state index is -0.0503. The molecule has 1 aliphatic heterocycles. The third kappa shape index (κ3) is 1.48. The van der Waals surface area contributed by atoms with E-state index in [2.05, 4.69) is 0 Å². The number of nitrogens with zero attached hydrogens (tertiary/aromatic N) is 1. The van der Waals surface area contributed by atoms with Crippen LogP contribution in [0, 0.1) is 0 Å². The minimum absolute atomic E-state index is 0.0503. The van der Waals surface area contributed by atoms with Crippen LogP contribution in [0.2, 0.25) is 0 Å². The zero-order valence-corrected chi connectivity index (χ0v) is 6.93. The molecule has 13 heavy (non-hydrogen) atoms. The summed E-state index contributed by atoms with van der Waals surface area (Å²) in [7, 11) is 0. The number of amides is 1. The maximum atomic E-state index is 11.2. The first-order valence-electron chi connectivity index (χ1n) is 3.94. The van der Waals surface area contributed by atoms with Crippen molar-refractivity contribution in [3.8, 4) is 5.75 Å². The van der Waals surface area contributed by atoms with E-state index in [-0.39, 0.29) is 18.3 Å². The molecule has 0 aliphatic carbocycles. The number of aromatic hydroxyl groups is 1. The lowest BCUT2D eigenvalue weighted by Crippen LogP contribution is -2.24. The van der Waals surface area contributed by atoms with Gasteiger partial charge in [-0.3, -0.25) is 9.69 Å². The summed E-state index contributed by atoms with van der Waals surface area (Å²) < 4.78 is 4.97. The van der Waals surface area contributed by atoms with Gasteiger partial charge in [0.15, 0.2) is 0 Å². The van der Waals surface area contributed by atoms with Gasteiger partial charge in [-0.15, -0.1) is 0 Å². The number of phenols is 1. The van der Waals surface area contributed by atoms with E-state index < -0.39 is 0 Å². The number of phenolic OH excluding ortho intramolecular Hbond substituents is 1. The van der Waals surface area contributed by atoms with Crippen molar-refractivity contribution in [1.29, 1.82) is 0 Å². The first-order chi connectivity index (χ1) is 6.27. The molecule has 1 aliphatic rings. The van der Waals surface area contributed by atoms with E-state index in [4.69, 9.17) is 9.84 Å². The Morgan fingerprint density at radius 3 is 2.54 bits per heavy atom. The Morgan fingerprint density at radius 1 is 1.31 bits per heavy atom. The average Bonchev–Trinajstić information content (AvgIpc) is 2.53. The van der Waals surface area contributed by atoms with Gasteiger partial charge in [0.2, 0.25) is 0 Å². The van der Waals surface area contributed by atoms with E-state index in [1.165, 1.54) is 4.90 Å². The quantitative estimate of drug-likeness (QED) is 0.690. The lowest BCUT2D eigenvalue weighted by Gasteiger charge is -2.12. The molecule has 1 aromatic rings. The second-order valence-corrected chi connectivity index (χ2v) is 2.82. The van der Waals surface area contributed by atoms with E-state index in [0.29, 0.717) is 6.73 Å². The van der Waals surface area contributed by atoms with Gasteiger partial charge in [0.25, 0.3) is 5.91 Å². The van der Waals surface area contributed by atoms with Gasteiger partial charge in [-0.05, 0) is 24.3 Å². The molecule has 4 heteroatoms. The second kappa shape index (κ2) is 3.06. The molecule has 0 radical (unpaired) electrons. The highest BCUT2D eigenvalue weighted by atomic mass is 16.5. The van der Waals surface area contributed by atoms with E-state index in [1.54, 1.807) is 24.3 Å². The van der Waals surface area contributed by atoms with Crippen LogP contribution in [0.1, 0.15) is 0 Å². The van der Waals surface area contributed by atoms with Gasteiger partial charge in [-0.2, -0.15) is 0 Å². The van der Waals surface area contributed by atoms with Crippen LogP contribution in [-0.4, -0.2) is 24.4 Å². The summed E-state index contributed by atoms with van der Waals surface area (Å²) in [5.41, 5.74) is 0.750.